The summed E-state index contributed by atoms with van der Waals surface area (Å²) in [5.41, 5.74) is 6.55. The highest BCUT2D eigenvalue weighted by Crippen LogP contribution is 2.13. The van der Waals surface area contributed by atoms with Crippen molar-refractivity contribution in [3.63, 3.8) is 0 Å². The van der Waals surface area contributed by atoms with Crippen LogP contribution < -0.4 is 21.7 Å². The molecule has 1 aromatic rings. The van der Waals surface area contributed by atoms with E-state index in [1.807, 2.05) is 6.92 Å². The summed E-state index contributed by atoms with van der Waals surface area (Å²) in [6.45, 7) is 8.57. The van der Waals surface area contributed by atoms with Gasteiger partial charge in [-0.1, -0.05) is 46.2 Å². The number of aromatic hydroxyl groups is 1. The molecule has 0 fully saturated rings. The number of carboxylic acids is 1. The Morgan fingerprint density at radius 2 is 1.48 bits per heavy atom. The van der Waals surface area contributed by atoms with Gasteiger partial charge in [-0.3, -0.25) is 19.2 Å². The van der Waals surface area contributed by atoms with Gasteiger partial charge < -0.3 is 31.9 Å². The third-order valence-corrected chi connectivity index (χ3v) is 5.55. The van der Waals surface area contributed by atoms with Gasteiger partial charge in [0, 0.05) is 6.42 Å². The monoisotopic (exact) mass is 464 g/mol. The fourth-order valence-electron chi connectivity index (χ4n) is 2.97. The molecule has 0 aliphatic rings. The number of hydrogen-bond donors (Lipinski definition) is 6. The SMILES string of the molecule is CCC(C)C(NC(=O)C(N)C(C)C)C(=O)NC(Cc1ccc(O)cc1)C(=O)NC(C)C(=O)O. The van der Waals surface area contributed by atoms with Gasteiger partial charge in [-0.25, -0.2) is 0 Å². The summed E-state index contributed by atoms with van der Waals surface area (Å²) in [5.74, 6) is -3.27. The number of hydrogen-bond acceptors (Lipinski definition) is 6. The molecule has 0 saturated heterocycles. The van der Waals surface area contributed by atoms with Crippen LogP contribution in [0.1, 0.15) is 46.6 Å². The van der Waals surface area contributed by atoms with Crippen LogP contribution in [0.15, 0.2) is 24.3 Å². The first-order chi connectivity index (χ1) is 15.4. The summed E-state index contributed by atoms with van der Waals surface area (Å²) in [5, 5.41) is 26.3. The summed E-state index contributed by atoms with van der Waals surface area (Å²) in [7, 11) is 0. The molecule has 184 valence electrons. The van der Waals surface area contributed by atoms with Gasteiger partial charge in [0.2, 0.25) is 17.7 Å². The Morgan fingerprint density at radius 3 is 1.97 bits per heavy atom. The summed E-state index contributed by atoms with van der Waals surface area (Å²) >= 11 is 0. The van der Waals surface area contributed by atoms with E-state index in [1.54, 1.807) is 32.9 Å². The van der Waals surface area contributed by atoms with E-state index in [0.29, 0.717) is 12.0 Å². The van der Waals surface area contributed by atoms with Crippen molar-refractivity contribution in [2.24, 2.45) is 17.6 Å². The molecule has 5 unspecified atom stereocenters. The largest absolute Gasteiger partial charge is 0.508 e. The second-order valence-corrected chi connectivity index (χ2v) is 8.64. The predicted molar refractivity (Wildman–Crippen MR) is 123 cm³/mol. The molecular weight excluding hydrogens is 428 g/mol. The molecule has 33 heavy (non-hydrogen) atoms. The molecular formula is C23H36N4O6. The lowest BCUT2D eigenvalue weighted by Crippen LogP contribution is -2.59. The molecule has 7 N–H and O–H groups in total. The third kappa shape index (κ3) is 8.72. The molecule has 10 nitrogen and oxygen atoms in total. The van der Waals surface area contributed by atoms with Gasteiger partial charge in [-0.05, 0) is 36.5 Å². The minimum Gasteiger partial charge on any atom is -0.508 e. The number of rotatable bonds is 12. The van der Waals surface area contributed by atoms with E-state index < -0.39 is 47.9 Å². The van der Waals surface area contributed by atoms with E-state index >= 15 is 0 Å². The van der Waals surface area contributed by atoms with E-state index in [4.69, 9.17) is 10.8 Å². The molecule has 0 saturated carbocycles. The summed E-state index contributed by atoms with van der Waals surface area (Å²) < 4.78 is 0. The average molecular weight is 465 g/mol. The number of carbonyl (C=O) groups is 4. The molecule has 0 radical (unpaired) electrons. The lowest BCUT2D eigenvalue weighted by Gasteiger charge is -2.28. The molecule has 1 rings (SSSR count). The van der Waals surface area contributed by atoms with Crippen molar-refractivity contribution in [3.8, 4) is 5.75 Å². The molecule has 0 heterocycles. The van der Waals surface area contributed by atoms with Crippen LogP contribution in [-0.2, 0) is 25.6 Å². The van der Waals surface area contributed by atoms with Crippen LogP contribution in [0, 0.1) is 11.8 Å². The van der Waals surface area contributed by atoms with E-state index in [2.05, 4.69) is 16.0 Å². The Bertz CT molecular complexity index is 827. The van der Waals surface area contributed by atoms with Gasteiger partial charge >= 0.3 is 5.97 Å². The number of phenols is 1. The number of nitrogens with one attached hydrogen (secondary N) is 3. The Labute approximate surface area is 194 Å². The standard InChI is InChI=1S/C23H36N4O6/c1-6-13(4)19(27-21(30)18(24)12(2)3)22(31)26-17(20(29)25-14(5)23(32)33)11-15-7-9-16(28)10-8-15/h7-10,12-14,17-19,28H,6,11,24H2,1-5H3,(H,25,29)(H,26,31)(H,27,30)(H,32,33). The quantitative estimate of drug-likeness (QED) is 0.262. The number of carbonyl (C=O) groups excluding carboxylic acids is 3. The van der Waals surface area contributed by atoms with Crippen molar-refractivity contribution in [1.29, 1.82) is 0 Å². The number of aliphatic carboxylic acids is 1. The Kier molecular flexibility index (Phi) is 10.8. The van der Waals surface area contributed by atoms with Crippen molar-refractivity contribution < 1.29 is 29.4 Å². The number of benzene rings is 1. The van der Waals surface area contributed by atoms with Crippen LogP contribution in [0.25, 0.3) is 0 Å². The normalized spacial score (nSPS) is 15.6. The second kappa shape index (κ2) is 12.8. The molecule has 0 aliphatic carbocycles. The predicted octanol–water partition coefficient (Wildman–Crippen LogP) is 0.523. The molecule has 3 amide bonds. The van der Waals surface area contributed by atoms with E-state index in [0.717, 1.165) is 0 Å². The number of amides is 3. The highest BCUT2D eigenvalue weighted by atomic mass is 16.4. The van der Waals surface area contributed by atoms with Gasteiger partial charge in [0.25, 0.3) is 0 Å². The summed E-state index contributed by atoms with van der Waals surface area (Å²) in [6, 6.07) is 2.09. The number of nitrogens with two attached hydrogens (primary N) is 1. The van der Waals surface area contributed by atoms with Crippen molar-refractivity contribution >= 4 is 23.7 Å². The molecule has 10 heteroatoms. The van der Waals surface area contributed by atoms with E-state index in [1.165, 1.54) is 19.1 Å². The van der Waals surface area contributed by atoms with Crippen LogP contribution in [0.2, 0.25) is 0 Å². The summed E-state index contributed by atoms with van der Waals surface area (Å²) in [4.78, 5) is 49.6. The lowest BCUT2D eigenvalue weighted by atomic mass is 9.96. The molecule has 1 aromatic carbocycles. The zero-order valence-corrected chi connectivity index (χ0v) is 19.8. The zero-order valence-electron chi connectivity index (χ0n) is 19.8. The lowest BCUT2D eigenvalue weighted by molar-refractivity contribution is -0.141. The number of carboxylic acid groups (broad SMARTS) is 1. The van der Waals surface area contributed by atoms with Gasteiger partial charge in [0.15, 0.2) is 0 Å². The maximum Gasteiger partial charge on any atom is 0.325 e. The van der Waals surface area contributed by atoms with Crippen molar-refractivity contribution in [3.05, 3.63) is 29.8 Å². The first-order valence-corrected chi connectivity index (χ1v) is 11.0. The fourth-order valence-corrected chi connectivity index (χ4v) is 2.97. The minimum atomic E-state index is -1.22. The number of phenolic OH excluding ortho intramolecular Hbond substituents is 1. The van der Waals surface area contributed by atoms with Gasteiger partial charge in [-0.2, -0.15) is 0 Å². The molecule has 0 aliphatic heterocycles. The average Bonchev–Trinajstić information content (AvgIpc) is 2.76. The smallest absolute Gasteiger partial charge is 0.325 e. The highest BCUT2D eigenvalue weighted by molar-refractivity contribution is 5.94. The van der Waals surface area contributed by atoms with Gasteiger partial charge in [0.05, 0.1) is 6.04 Å². The van der Waals surface area contributed by atoms with E-state index in [9.17, 15) is 24.3 Å². The maximum atomic E-state index is 13.1. The van der Waals surface area contributed by atoms with Crippen LogP contribution in [0.3, 0.4) is 0 Å². The topological polar surface area (TPSA) is 171 Å². The van der Waals surface area contributed by atoms with Crippen LogP contribution in [0.5, 0.6) is 5.75 Å². The second-order valence-electron chi connectivity index (χ2n) is 8.64. The minimum absolute atomic E-state index is 0.0457. The summed E-state index contributed by atoms with van der Waals surface area (Å²) in [6.07, 6.45) is 0.636. The first-order valence-electron chi connectivity index (χ1n) is 11.0. The van der Waals surface area contributed by atoms with Crippen molar-refractivity contribution in [2.45, 2.75) is 71.6 Å². The zero-order chi connectivity index (χ0) is 25.3. The maximum absolute atomic E-state index is 13.1. The van der Waals surface area contributed by atoms with E-state index in [-0.39, 0.29) is 24.0 Å². The fraction of sp³-hybridized carbons (Fsp3) is 0.565. The third-order valence-electron chi connectivity index (χ3n) is 5.55. The molecule has 5 atom stereocenters. The molecule has 0 spiro atoms. The van der Waals surface area contributed by atoms with Crippen LogP contribution >= 0.6 is 0 Å². The molecule has 0 bridgehead atoms. The Hall–Kier alpha value is -3.14. The van der Waals surface area contributed by atoms with Crippen molar-refractivity contribution in [1.82, 2.24) is 16.0 Å². The van der Waals surface area contributed by atoms with Crippen LogP contribution in [-0.4, -0.2) is 58.1 Å². The first kappa shape index (κ1) is 27.9. The highest BCUT2D eigenvalue weighted by Gasteiger charge is 2.32. The Morgan fingerprint density at radius 1 is 0.909 bits per heavy atom. The van der Waals surface area contributed by atoms with Crippen molar-refractivity contribution in [2.75, 3.05) is 0 Å². The van der Waals surface area contributed by atoms with Crippen LogP contribution in [0.4, 0.5) is 0 Å². The Balaban J connectivity index is 3.12. The van der Waals surface area contributed by atoms with Gasteiger partial charge in [0.1, 0.15) is 23.9 Å². The van der Waals surface area contributed by atoms with Gasteiger partial charge in [-0.15, -0.1) is 0 Å². The molecule has 0 aromatic heterocycles.